The van der Waals surface area contributed by atoms with Gasteiger partial charge in [-0.15, -0.1) is 11.3 Å². The smallest absolute Gasteiger partial charge is 0.266 e. The molecule has 1 saturated heterocycles. The normalized spacial score (nSPS) is 18.3. The lowest BCUT2D eigenvalue weighted by Crippen LogP contribution is -2.40. The second-order valence-corrected chi connectivity index (χ2v) is 6.67. The van der Waals surface area contributed by atoms with Gasteiger partial charge < -0.3 is 9.47 Å². The maximum Gasteiger partial charge on any atom is 0.266 e. The number of thiophene rings is 1. The summed E-state index contributed by atoms with van der Waals surface area (Å²) in [5, 5.41) is 6.32. The third-order valence-electron chi connectivity index (χ3n) is 4.30. The Kier molecular flexibility index (Phi) is 3.75. The summed E-state index contributed by atoms with van der Waals surface area (Å²) in [6.07, 6.45) is 9.81. The van der Waals surface area contributed by atoms with Gasteiger partial charge in [0.25, 0.3) is 5.91 Å². The van der Waals surface area contributed by atoms with Gasteiger partial charge in [-0.3, -0.25) is 9.48 Å². The topological polar surface area (TPSA) is 43.1 Å². The SMILES string of the molecule is O=C(c1sccc1-n1cccc1)N1CCCC(n2cccn2)C1. The average Bonchev–Trinajstić information content (AvgIpc) is 3.35. The van der Waals surface area contributed by atoms with E-state index in [0.29, 0.717) is 0 Å². The van der Waals surface area contributed by atoms with Crippen molar-refractivity contribution in [2.24, 2.45) is 0 Å². The summed E-state index contributed by atoms with van der Waals surface area (Å²) in [5.74, 6) is 0.126. The molecule has 5 nitrogen and oxygen atoms in total. The second-order valence-electron chi connectivity index (χ2n) is 5.76. The van der Waals surface area contributed by atoms with Crippen LogP contribution in [0.2, 0.25) is 0 Å². The zero-order chi connectivity index (χ0) is 15.6. The van der Waals surface area contributed by atoms with Gasteiger partial charge in [-0.2, -0.15) is 5.10 Å². The molecule has 3 aromatic rings. The first-order chi connectivity index (χ1) is 11.3. The molecular formula is C17H18N4OS. The number of carbonyl (C=O) groups is 1. The van der Waals surface area contributed by atoms with Crippen LogP contribution in [0, 0.1) is 0 Å². The minimum absolute atomic E-state index is 0.126. The van der Waals surface area contributed by atoms with Crippen LogP contribution in [-0.4, -0.2) is 38.2 Å². The number of rotatable bonds is 3. The highest BCUT2D eigenvalue weighted by molar-refractivity contribution is 7.12. The molecule has 1 aliphatic rings. The first-order valence-corrected chi connectivity index (χ1v) is 8.70. The number of amides is 1. The quantitative estimate of drug-likeness (QED) is 0.742. The number of piperidine rings is 1. The van der Waals surface area contributed by atoms with E-state index >= 15 is 0 Å². The molecule has 1 aliphatic heterocycles. The van der Waals surface area contributed by atoms with E-state index in [4.69, 9.17) is 0 Å². The Bertz CT molecular complexity index is 776. The molecule has 1 amide bonds. The van der Waals surface area contributed by atoms with Gasteiger partial charge >= 0.3 is 0 Å². The van der Waals surface area contributed by atoms with Gasteiger partial charge in [0.2, 0.25) is 0 Å². The number of nitrogens with zero attached hydrogens (tertiary/aromatic N) is 4. The largest absolute Gasteiger partial charge is 0.336 e. The summed E-state index contributed by atoms with van der Waals surface area (Å²) in [5.41, 5.74) is 0.964. The fraction of sp³-hybridized carbons (Fsp3) is 0.294. The monoisotopic (exact) mass is 326 g/mol. The molecule has 0 bridgehead atoms. The van der Waals surface area contributed by atoms with Crippen molar-refractivity contribution >= 4 is 17.2 Å². The van der Waals surface area contributed by atoms with Crippen LogP contribution in [0.15, 0.2) is 54.4 Å². The van der Waals surface area contributed by atoms with Crippen molar-refractivity contribution in [3.05, 3.63) is 59.3 Å². The fourth-order valence-corrected chi connectivity index (χ4v) is 4.01. The molecular weight excluding hydrogens is 308 g/mol. The Hall–Kier alpha value is -2.34. The van der Waals surface area contributed by atoms with Crippen LogP contribution in [0.25, 0.3) is 5.69 Å². The van der Waals surface area contributed by atoms with Crippen LogP contribution in [0.1, 0.15) is 28.6 Å². The standard InChI is InChI=1S/C17H18N4OS/c22-17(16-15(6-12-23-16)19-8-1-2-9-19)20-10-3-5-14(13-20)21-11-4-7-18-21/h1-2,4,6-9,11-12,14H,3,5,10,13H2. The summed E-state index contributed by atoms with van der Waals surface area (Å²) in [7, 11) is 0. The maximum absolute atomic E-state index is 13.0. The first kappa shape index (κ1) is 14.3. The van der Waals surface area contributed by atoms with Crippen molar-refractivity contribution in [2.45, 2.75) is 18.9 Å². The van der Waals surface area contributed by atoms with Gasteiger partial charge in [0.15, 0.2) is 0 Å². The predicted octanol–water partition coefficient (Wildman–Crippen LogP) is 3.21. The highest BCUT2D eigenvalue weighted by Gasteiger charge is 2.27. The average molecular weight is 326 g/mol. The second kappa shape index (κ2) is 6.04. The molecule has 0 spiro atoms. The number of likely N-dealkylation sites (tertiary alicyclic amines) is 1. The van der Waals surface area contributed by atoms with Crippen molar-refractivity contribution in [2.75, 3.05) is 13.1 Å². The van der Waals surface area contributed by atoms with Gasteiger partial charge in [0.05, 0.1) is 11.7 Å². The van der Waals surface area contributed by atoms with Gasteiger partial charge in [0, 0.05) is 37.9 Å². The molecule has 6 heteroatoms. The van der Waals surface area contributed by atoms with Gasteiger partial charge in [0.1, 0.15) is 4.88 Å². The highest BCUT2D eigenvalue weighted by Crippen LogP contribution is 2.27. The molecule has 0 aliphatic carbocycles. The van der Waals surface area contributed by atoms with Crippen molar-refractivity contribution in [3.8, 4) is 5.69 Å². The van der Waals surface area contributed by atoms with Crippen LogP contribution < -0.4 is 0 Å². The van der Waals surface area contributed by atoms with Crippen LogP contribution in [0.4, 0.5) is 0 Å². The molecule has 23 heavy (non-hydrogen) atoms. The van der Waals surface area contributed by atoms with E-state index in [1.165, 1.54) is 11.3 Å². The minimum Gasteiger partial charge on any atom is -0.336 e. The van der Waals surface area contributed by atoms with Gasteiger partial charge in [-0.1, -0.05) is 0 Å². The van der Waals surface area contributed by atoms with Gasteiger partial charge in [-0.25, -0.2) is 0 Å². The Morgan fingerprint density at radius 1 is 1.22 bits per heavy atom. The molecule has 118 valence electrons. The van der Waals surface area contributed by atoms with E-state index in [0.717, 1.165) is 36.5 Å². The Balaban J connectivity index is 1.56. The Labute approximate surface area is 138 Å². The molecule has 4 rings (SSSR count). The van der Waals surface area contributed by atoms with Crippen LogP contribution >= 0.6 is 11.3 Å². The van der Waals surface area contributed by atoms with Crippen LogP contribution in [0.5, 0.6) is 0 Å². The number of hydrogen-bond donors (Lipinski definition) is 0. The summed E-state index contributed by atoms with van der Waals surface area (Å²) in [6, 6.07) is 8.16. The number of carbonyl (C=O) groups excluding carboxylic acids is 1. The summed E-state index contributed by atoms with van der Waals surface area (Å²) in [6.45, 7) is 1.54. The predicted molar refractivity (Wildman–Crippen MR) is 90.0 cm³/mol. The van der Waals surface area contributed by atoms with Gasteiger partial charge in [-0.05, 0) is 42.5 Å². The molecule has 4 heterocycles. The van der Waals surface area contributed by atoms with E-state index in [-0.39, 0.29) is 11.9 Å². The fourth-order valence-electron chi connectivity index (χ4n) is 3.16. The molecule has 0 aromatic carbocycles. The molecule has 1 atom stereocenters. The van der Waals surface area contributed by atoms with Crippen LogP contribution in [0.3, 0.4) is 0 Å². The van der Waals surface area contributed by atoms with E-state index in [1.807, 2.05) is 62.4 Å². The molecule has 3 aromatic heterocycles. The summed E-state index contributed by atoms with van der Waals surface area (Å²) >= 11 is 1.51. The van der Waals surface area contributed by atoms with Crippen LogP contribution in [-0.2, 0) is 0 Å². The van der Waals surface area contributed by atoms with E-state index in [9.17, 15) is 4.79 Å². The molecule has 1 unspecified atom stereocenters. The molecule has 0 N–H and O–H groups in total. The lowest BCUT2D eigenvalue weighted by Gasteiger charge is -2.32. The summed E-state index contributed by atoms with van der Waals surface area (Å²) < 4.78 is 3.97. The first-order valence-electron chi connectivity index (χ1n) is 7.82. The zero-order valence-corrected chi connectivity index (χ0v) is 13.5. The van der Waals surface area contributed by atoms with E-state index in [1.54, 1.807) is 6.20 Å². The van der Waals surface area contributed by atoms with Crippen molar-refractivity contribution < 1.29 is 4.79 Å². The summed E-state index contributed by atoms with van der Waals surface area (Å²) in [4.78, 5) is 15.8. The Morgan fingerprint density at radius 3 is 2.87 bits per heavy atom. The lowest BCUT2D eigenvalue weighted by atomic mass is 10.1. The number of hydrogen-bond acceptors (Lipinski definition) is 3. The third kappa shape index (κ3) is 2.70. The van der Waals surface area contributed by atoms with E-state index < -0.39 is 0 Å². The molecule has 1 fully saturated rings. The maximum atomic E-state index is 13.0. The third-order valence-corrected chi connectivity index (χ3v) is 5.20. The molecule has 0 saturated carbocycles. The number of aromatic nitrogens is 3. The zero-order valence-electron chi connectivity index (χ0n) is 12.7. The highest BCUT2D eigenvalue weighted by atomic mass is 32.1. The van der Waals surface area contributed by atoms with E-state index in [2.05, 4.69) is 5.10 Å². The Morgan fingerprint density at radius 2 is 2.09 bits per heavy atom. The van der Waals surface area contributed by atoms with Crippen molar-refractivity contribution in [3.63, 3.8) is 0 Å². The van der Waals surface area contributed by atoms with Crippen molar-refractivity contribution in [1.82, 2.24) is 19.2 Å². The van der Waals surface area contributed by atoms with Crippen molar-refractivity contribution in [1.29, 1.82) is 0 Å². The minimum atomic E-state index is 0.126. The molecule has 0 radical (unpaired) electrons. The lowest BCUT2D eigenvalue weighted by molar-refractivity contribution is 0.0678.